The first-order chi connectivity index (χ1) is 14.1. The van der Waals surface area contributed by atoms with E-state index in [0.717, 1.165) is 30.4 Å². The molecular formula is C23H24ClN3O2. The van der Waals surface area contributed by atoms with Crippen LogP contribution in [0.15, 0.2) is 59.0 Å². The summed E-state index contributed by atoms with van der Waals surface area (Å²) in [5.41, 5.74) is 2.05. The molecule has 0 unspecified atom stereocenters. The largest absolute Gasteiger partial charge is 0.424 e. The van der Waals surface area contributed by atoms with Crippen LogP contribution in [0.5, 0.6) is 0 Å². The van der Waals surface area contributed by atoms with Gasteiger partial charge in [-0.1, -0.05) is 60.5 Å². The molecular weight excluding hydrogens is 386 g/mol. The van der Waals surface area contributed by atoms with Crippen LogP contribution in [0.3, 0.4) is 0 Å². The second-order valence-electron chi connectivity index (χ2n) is 7.68. The lowest BCUT2D eigenvalue weighted by Crippen LogP contribution is -2.35. The summed E-state index contributed by atoms with van der Waals surface area (Å²) >= 11 is 6.03. The average molecular weight is 410 g/mol. The van der Waals surface area contributed by atoms with Gasteiger partial charge in [0.2, 0.25) is 17.7 Å². The number of hydrogen-bond acceptors (Lipinski definition) is 4. The van der Waals surface area contributed by atoms with Crippen molar-refractivity contribution >= 4 is 17.5 Å². The van der Waals surface area contributed by atoms with Crippen molar-refractivity contribution in [2.45, 2.75) is 44.1 Å². The van der Waals surface area contributed by atoms with Gasteiger partial charge in [-0.05, 0) is 36.1 Å². The van der Waals surface area contributed by atoms with Crippen molar-refractivity contribution in [1.82, 2.24) is 15.1 Å². The van der Waals surface area contributed by atoms with Gasteiger partial charge < -0.3 is 9.32 Å². The Kier molecular flexibility index (Phi) is 5.67. The highest BCUT2D eigenvalue weighted by Gasteiger charge is 2.45. The normalized spacial score (nSPS) is 15.0. The van der Waals surface area contributed by atoms with E-state index < -0.39 is 0 Å². The minimum absolute atomic E-state index is 0.0599. The van der Waals surface area contributed by atoms with E-state index in [4.69, 9.17) is 16.0 Å². The summed E-state index contributed by atoms with van der Waals surface area (Å²) < 4.78 is 6.00. The molecule has 29 heavy (non-hydrogen) atoms. The Balaban J connectivity index is 1.39. The maximum atomic E-state index is 12.5. The fraction of sp³-hybridized carbons (Fsp3) is 0.348. The number of carbonyl (C=O) groups excluding carboxylic acids is 1. The van der Waals surface area contributed by atoms with Crippen LogP contribution in [0.25, 0.3) is 0 Å². The molecule has 1 fully saturated rings. The average Bonchev–Trinajstić information content (AvgIpc) is 3.16. The van der Waals surface area contributed by atoms with Crippen LogP contribution in [0.1, 0.15) is 48.6 Å². The Hall–Kier alpha value is -2.66. The molecule has 3 aromatic rings. The number of benzene rings is 2. The number of aromatic nitrogens is 2. The first-order valence-corrected chi connectivity index (χ1v) is 10.3. The molecule has 4 rings (SSSR count). The van der Waals surface area contributed by atoms with Crippen LogP contribution in [0.4, 0.5) is 0 Å². The minimum Gasteiger partial charge on any atom is -0.424 e. The molecule has 150 valence electrons. The van der Waals surface area contributed by atoms with E-state index in [1.807, 2.05) is 61.6 Å². The first-order valence-electron chi connectivity index (χ1n) is 9.94. The molecule has 0 saturated heterocycles. The Morgan fingerprint density at radius 2 is 1.83 bits per heavy atom. The molecule has 0 aliphatic heterocycles. The lowest BCUT2D eigenvalue weighted by Gasteiger charge is -2.39. The molecule has 0 N–H and O–H groups in total. The zero-order valence-corrected chi connectivity index (χ0v) is 17.2. The molecule has 1 aliphatic rings. The van der Waals surface area contributed by atoms with Crippen molar-refractivity contribution in [3.05, 3.63) is 82.5 Å². The number of nitrogens with zero attached hydrogens (tertiary/aromatic N) is 3. The van der Waals surface area contributed by atoms with Crippen LogP contribution < -0.4 is 0 Å². The highest BCUT2D eigenvalue weighted by molar-refractivity contribution is 6.30. The second-order valence-corrected chi connectivity index (χ2v) is 8.12. The number of aryl methyl sites for hydroxylation is 1. The van der Waals surface area contributed by atoms with Crippen LogP contribution >= 0.6 is 11.6 Å². The van der Waals surface area contributed by atoms with Gasteiger partial charge in [0.1, 0.15) is 0 Å². The van der Waals surface area contributed by atoms with Crippen molar-refractivity contribution in [1.29, 1.82) is 0 Å². The van der Waals surface area contributed by atoms with Gasteiger partial charge in [-0.15, -0.1) is 10.2 Å². The topological polar surface area (TPSA) is 59.2 Å². The molecule has 1 aromatic heterocycles. The van der Waals surface area contributed by atoms with Gasteiger partial charge in [0, 0.05) is 31.5 Å². The highest BCUT2D eigenvalue weighted by atomic mass is 35.5. The summed E-state index contributed by atoms with van der Waals surface area (Å²) in [6.07, 6.45) is 3.88. The molecule has 0 radical (unpaired) electrons. The Bertz CT molecular complexity index is 965. The van der Waals surface area contributed by atoms with Gasteiger partial charge in [-0.2, -0.15) is 0 Å². The third-order valence-corrected chi connectivity index (χ3v) is 5.97. The SMILES string of the molecule is CN(Cc1ccccc1)C(=O)CCc1nnc(C2(c3ccc(Cl)cc3)CCC2)o1. The van der Waals surface area contributed by atoms with Gasteiger partial charge in [0.25, 0.3) is 0 Å². The van der Waals surface area contributed by atoms with E-state index in [1.165, 1.54) is 0 Å². The first kappa shape index (κ1) is 19.6. The van der Waals surface area contributed by atoms with Gasteiger partial charge in [-0.25, -0.2) is 0 Å². The summed E-state index contributed by atoms with van der Waals surface area (Å²) in [4.78, 5) is 14.2. The quantitative estimate of drug-likeness (QED) is 0.563. The van der Waals surface area contributed by atoms with Gasteiger partial charge in [0.05, 0.1) is 5.41 Å². The van der Waals surface area contributed by atoms with Crippen LogP contribution in [0, 0.1) is 0 Å². The lowest BCUT2D eigenvalue weighted by molar-refractivity contribution is -0.130. The van der Waals surface area contributed by atoms with Crippen LogP contribution in [-0.4, -0.2) is 28.1 Å². The predicted octanol–water partition coefficient (Wildman–Crippen LogP) is 4.78. The number of rotatable bonds is 7. The smallest absolute Gasteiger partial charge is 0.227 e. The molecule has 5 nitrogen and oxygen atoms in total. The Morgan fingerprint density at radius 1 is 1.10 bits per heavy atom. The molecule has 0 atom stereocenters. The van der Waals surface area contributed by atoms with Crippen LogP contribution in [0.2, 0.25) is 5.02 Å². The van der Waals surface area contributed by atoms with Gasteiger partial charge >= 0.3 is 0 Å². The Labute approximate surface area is 175 Å². The number of hydrogen-bond donors (Lipinski definition) is 0. The van der Waals surface area contributed by atoms with Crippen molar-refractivity contribution < 1.29 is 9.21 Å². The van der Waals surface area contributed by atoms with E-state index >= 15 is 0 Å². The monoisotopic (exact) mass is 409 g/mol. The van der Waals surface area contributed by atoms with E-state index in [0.29, 0.717) is 36.2 Å². The fourth-order valence-corrected chi connectivity index (χ4v) is 3.95. The maximum Gasteiger partial charge on any atom is 0.227 e. The molecule has 6 heteroatoms. The number of halogens is 1. The summed E-state index contributed by atoms with van der Waals surface area (Å²) in [7, 11) is 1.82. The predicted molar refractivity (Wildman–Crippen MR) is 112 cm³/mol. The van der Waals surface area contributed by atoms with E-state index in [2.05, 4.69) is 10.2 Å². The second kappa shape index (κ2) is 8.37. The third-order valence-electron chi connectivity index (χ3n) is 5.72. The summed E-state index contributed by atoms with van der Waals surface area (Å²) in [5, 5.41) is 9.25. The maximum absolute atomic E-state index is 12.5. The summed E-state index contributed by atoms with van der Waals surface area (Å²) in [6.45, 7) is 0.592. The Morgan fingerprint density at radius 3 is 2.48 bits per heavy atom. The zero-order chi connectivity index (χ0) is 20.3. The van der Waals surface area contributed by atoms with Gasteiger partial charge in [-0.3, -0.25) is 4.79 Å². The zero-order valence-electron chi connectivity index (χ0n) is 16.5. The van der Waals surface area contributed by atoms with E-state index in [1.54, 1.807) is 4.90 Å². The molecule has 1 aliphatic carbocycles. The lowest BCUT2D eigenvalue weighted by atomic mass is 9.64. The molecule has 1 amide bonds. The molecule has 2 aromatic carbocycles. The van der Waals surface area contributed by atoms with E-state index in [9.17, 15) is 4.79 Å². The fourth-order valence-electron chi connectivity index (χ4n) is 3.82. The minimum atomic E-state index is -0.218. The molecule has 0 bridgehead atoms. The summed E-state index contributed by atoms with van der Waals surface area (Å²) in [6, 6.07) is 17.8. The van der Waals surface area contributed by atoms with Crippen molar-refractivity contribution in [3.63, 3.8) is 0 Å². The molecule has 1 heterocycles. The summed E-state index contributed by atoms with van der Waals surface area (Å²) in [5.74, 6) is 1.22. The van der Waals surface area contributed by atoms with Crippen molar-refractivity contribution in [3.8, 4) is 0 Å². The number of carbonyl (C=O) groups is 1. The van der Waals surface area contributed by atoms with Crippen LogP contribution in [-0.2, 0) is 23.2 Å². The van der Waals surface area contributed by atoms with Crippen molar-refractivity contribution in [2.75, 3.05) is 7.05 Å². The molecule has 1 saturated carbocycles. The van der Waals surface area contributed by atoms with Crippen molar-refractivity contribution in [2.24, 2.45) is 0 Å². The number of amides is 1. The standard InChI is InChI=1S/C23H24ClN3O2/c1-27(16-17-6-3-2-4-7-17)21(28)13-12-20-25-26-22(29-20)23(14-5-15-23)18-8-10-19(24)11-9-18/h2-4,6-11H,5,12-16H2,1H3. The van der Waals surface area contributed by atoms with E-state index in [-0.39, 0.29) is 11.3 Å². The highest BCUT2D eigenvalue weighted by Crippen LogP contribution is 2.48. The van der Waals surface area contributed by atoms with Gasteiger partial charge in [0.15, 0.2) is 0 Å². The third kappa shape index (κ3) is 4.20. The molecule has 0 spiro atoms.